The predicted octanol–water partition coefficient (Wildman–Crippen LogP) is 3.74. The van der Waals surface area contributed by atoms with E-state index in [1.54, 1.807) is 19.2 Å². The number of ether oxygens (including phenoxy) is 1. The molecule has 1 aliphatic rings. The third kappa shape index (κ3) is 9.50. The van der Waals surface area contributed by atoms with E-state index in [0.29, 0.717) is 11.5 Å². The van der Waals surface area contributed by atoms with Crippen LogP contribution in [0.1, 0.15) is 31.2 Å². The number of unbranched alkanes of at least 4 members (excludes halogenated alkanes) is 1. The molecule has 0 aliphatic carbocycles. The SMILES string of the molecule is CN=C(NCCCCN1CCCC1)NCc1ccccc1OC(F)(F)F.I. The van der Waals surface area contributed by atoms with Crippen LogP contribution >= 0.6 is 24.0 Å². The summed E-state index contributed by atoms with van der Waals surface area (Å²) < 4.78 is 41.4. The van der Waals surface area contributed by atoms with Gasteiger partial charge in [-0.1, -0.05) is 18.2 Å². The molecule has 0 saturated carbocycles. The van der Waals surface area contributed by atoms with Crippen LogP contribution in [0, 0.1) is 0 Å². The first-order valence-corrected chi connectivity index (χ1v) is 8.98. The number of rotatable bonds is 8. The van der Waals surface area contributed by atoms with Gasteiger partial charge in [-0.2, -0.15) is 0 Å². The molecule has 0 spiro atoms. The number of benzene rings is 1. The molecule has 0 bridgehead atoms. The second-order valence-electron chi connectivity index (χ2n) is 6.26. The first-order valence-electron chi connectivity index (χ1n) is 8.98. The van der Waals surface area contributed by atoms with E-state index in [1.807, 2.05) is 0 Å². The zero-order valence-corrected chi connectivity index (χ0v) is 17.8. The fourth-order valence-corrected chi connectivity index (χ4v) is 2.95. The Kier molecular flexibility index (Phi) is 10.8. The Morgan fingerprint density at radius 3 is 2.52 bits per heavy atom. The first kappa shape index (κ1) is 23.8. The Hall–Kier alpha value is -1.23. The molecule has 1 heterocycles. The summed E-state index contributed by atoms with van der Waals surface area (Å²) in [6.07, 6.45) is 0.0330. The van der Waals surface area contributed by atoms with Crippen LogP contribution in [-0.2, 0) is 6.54 Å². The number of hydrogen-bond donors (Lipinski definition) is 2. The van der Waals surface area contributed by atoms with Gasteiger partial charge < -0.3 is 20.3 Å². The van der Waals surface area contributed by atoms with E-state index in [2.05, 4.69) is 25.3 Å². The molecule has 0 unspecified atom stereocenters. The number of hydrogen-bond acceptors (Lipinski definition) is 3. The zero-order chi connectivity index (χ0) is 18.8. The van der Waals surface area contributed by atoms with Crippen LogP contribution in [0.3, 0.4) is 0 Å². The van der Waals surface area contributed by atoms with Gasteiger partial charge in [-0.15, -0.1) is 37.1 Å². The standard InChI is InChI=1S/C18H27F3N4O.HI/c1-22-17(23-10-4-5-11-25-12-6-7-13-25)24-14-15-8-2-3-9-16(15)26-18(19,20)21;/h2-3,8-9H,4-7,10-14H2,1H3,(H2,22,23,24);1H. The van der Waals surface area contributed by atoms with E-state index < -0.39 is 6.36 Å². The molecule has 2 rings (SSSR count). The maximum Gasteiger partial charge on any atom is 0.573 e. The average Bonchev–Trinajstić information content (AvgIpc) is 3.10. The largest absolute Gasteiger partial charge is 0.573 e. The summed E-state index contributed by atoms with van der Waals surface area (Å²) >= 11 is 0. The van der Waals surface area contributed by atoms with E-state index in [-0.39, 0.29) is 36.3 Å². The molecular formula is C18H28F3IN4O. The lowest BCUT2D eigenvalue weighted by Crippen LogP contribution is -2.37. The number of alkyl halides is 3. The minimum Gasteiger partial charge on any atom is -0.405 e. The smallest absolute Gasteiger partial charge is 0.405 e. The van der Waals surface area contributed by atoms with Crippen molar-refractivity contribution in [2.75, 3.05) is 33.2 Å². The molecule has 5 nitrogen and oxygen atoms in total. The van der Waals surface area contributed by atoms with Gasteiger partial charge in [-0.3, -0.25) is 4.99 Å². The summed E-state index contributed by atoms with van der Waals surface area (Å²) in [6, 6.07) is 6.09. The van der Waals surface area contributed by atoms with Gasteiger partial charge in [-0.25, -0.2) is 0 Å². The highest BCUT2D eigenvalue weighted by molar-refractivity contribution is 14.0. The maximum atomic E-state index is 12.5. The van der Waals surface area contributed by atoms with Crippen molar-refractivity contribution in [3.05, 3.63) is 29.8 Å². The van der Waals surface area contributed by atoms with Crippen LogP contribution in [0.25, 0.3) is 0 Å². The topological polar surface area (TPSA) is 48.9 Å². The predicted molar refractivity (Wildman–Crippen MR) is 112 cm³/mol. The Morgan fingerprint density at radius 1 is 1.15 bits per heavy atom. The lowest BCUT2D eigenvalue weighted by atomic mass is 10.2. The number of aliphatic imine (C=N–C) groups is 1. The third-order valence-corrected chi connectivity index (χ3v) is 4.26. The summed E-state index contributed by atoms with van der Waals surface area (Å²) in [6.45, 7) is 4.50. The quantitative estimate of drug-likeness (QED) is 0.247. The van der Waals surface area contributed by atoms with Crippen molar-refractivity contribution < 1.29 is 17.9 Å². The van der Waals surface area contributed by atoms with E-state index in [0.717, 1.165) is 25.9 Å². The van der Waals surface area contributed by atoms with Crippen molar-refractivity contribution in [2.24, 2.45) is 4.99 Å². The van der Waals surface area contributed by atoms with Gasteiger partial charge in [0.25, 0.3) is 0 Å². The molecule has 1 saturated heterocycles. The molecule has 0 atom stereocenters. The Bertz CT molecular complexity index is 578. The van der Waals surface area contributed by atoms with Crippen LogP contribution in [0.2, 0.25) is 0 Å². The van der Waals surface area contributed by atoms with Crippen LogP contribution in [0.4, 0.5) is 13.2 Å². The molecule has 1 aliphatic heterocycles. The van der Waals surface area contributed by atoms with Crippen LogP contribution in [0.15, 0.2) is 29.3 Å². The molecule has 0 aromatic heterocycles. The molecule has 1 aromatic rings. The number of para-hydroxylation sites is 1. The van der Waals surface area contributed by atoms with Crippen LogP contribution in [-0.4, -0.2) is 50.4 Å². The highest BCUT2D eigenvalue weighted by Gasteiger charge is 2.31. The monoisotopic (exact) mass is 500 g/mol. The number of guanidine groups is 1. The van der Waals surface area contributed by atoms with Crippen molar-refractivity contribution in [3.8, 4) is 5.75 Å². The van der Waals surface area contributed by atoms with E-state index in [9.17, 15) is 13.2 Å². The first-order chi connectivity index (χ1) is 12.5. The molecular weight excluding hydrogens is 472 g/mol. The van der Waals surface area contributed by atoms with Crippen molar-refractivity contribution in [1.29, 1.82) is 0 Å². The summed E-state index contributed by atoms with van der Waals surface area (Å²) in [5.41, 5.74) is 0.418. The summed E-state index contributed by atoms with van der Waals surface area (Å²) in [5, 5.41) is 6.22. The Morgan fingerprint density at radius 2 is 1.85 bits per heavy atom. The van der Waals surface area contributed by atoms with Crippen molar-refractivity contribution in [2.45, 2.75) is 38.6 Å². The summed E-state index contributed by atoms with van der Waals surface area (Å²) in [5.74, 6) is 0.363. The minimum atomic E-state index is -4.70. The molecule has 1 aromatic carbocycles. The zero-order valence-electron chi connectivity index (χ0n) is 15.5. The van der Waals surface area contributed by atoms with Crippen molar-refractivity contribution >= 4 is 29.9 Å². The maximum absolute atomic E-state index is 12.5. The second kappa shape index (κ2) is 12.3. The molecule has 0 amide bonds. The molecule has 154 valence electrons. The van der Waals surface area contributed by atoms with E-state index in [4.69, 9.17) is 0 Å². The van der Waals surface area contributed by atoms with Gasteiger partial charge in [0.2, 0.25) is 0 Å². The van der Waals surface area contributed by atoms with Gasteiger partial charge in [-0.05, 0) is 51.4 Å². The van der Waals surface area contributed by atoms with Crippen molar-refractivity contribution in [3.63, 3.8) is 0 Å². The molecule has 2 N–H and O–H groups in total. The molecule has 1 fully saturated rings. The highest BCUT2D eigenvalue weighted by atomic mass is 127. The van der Waals surface area contributed by atoms with Gasteiger partial charge in [0, 0.05) is 25.7 Å². The van der Waals surface area contributed by atoms with Gasteiger partial charge in [0.05, 0.1) is 0 Å². The van der Waals surface area contributed by atoms with Crippen molar-refractivity contribution in [1.82, 2.24) is 15.5 Å². The Balaban J connectivity index is 0.00000364. The molecule has 0 radical (unpaired) electrons. The number of nitrogens with one attached hydrogen (secondary N) is 2. The van der Waals surface area contributed by atoms with E-state index in [1.165, 1.54) is 38.1 Å². The summed E-state index contributed by atoms with van der Waals surface area (Å²) in [7, 11) is 1.64. The number of halogens is 4. The highest BCUT2D eigenvalue weighted by Crippen LogP contribution is 2.26. The fourth-order valence-electron chi connectivity index (χ4n) is 2.95. The fraction of sp³-hybridized carbons (Fsp3) is 0.611. The minimum absolute atomic E-state index is 0. The van der Waals surface area contributed by atoms with Crippen LogP contribution in [0.5, 0.6) is 5.75 Å². The average molecular weight is 500 g/mol. The van der Waals surface area contributed by atoms with Gasteiger partial charge in [0.1, 0.15) is 5.75 Å². The molecule has 27 heavy (non-hydrogen) atoms. The second-order valence-corrected chi connectivity index (χ2v) is 6.26. The number of nitrogens with zero attached hydrogens (tertiary/aromatic N) is 2. The number of likely N-dealkylation sites (tertiary alicyclic amines) is 1. The summed E-state index contributed by atoms with van der Waals surface area (Å²) in [4.78, 5) is 6.58. The lowest BCUT2D eigenvalue weighted by molar-refractivity contribution is -0.274. The molecule has 9 heteroatoms. The normalized spacial score (nSPS) is 15.3. The van der Waals surface area contributed by atoms with Crippen LogP contribution < -0.4 is 15.4 Å². The van der Waals surface area contributed by atoms with Gasteiger partial charge >= 0.3 is 6.36 Å². The lowest BCUT2D eigenvalue weighted by Gasteiger charge is -2.16. The third-order valence-electron chi connectivity index (χ3n) is 4.26. The van der Waals surface area contributed by atoms with Gasteiger partial charge in [0.15, 0.2) is 5.96 Å². The van der Waals surface area contributed by atoms with E-state index >= 15 is 0 Å². The Labute approximate surface area is 175 Å².